The van der Waals surface area contributed by atoms with E-state index in [1.165, 1.54) is 21.6 Å². The second-order valence-electron chi connectivity index (χ2n) is 2.57. The summed E-state index contributed by atoms with van der Waals surface area (Å²) >= 11 is 0. The molecule has 2 aromatic rings. The van der Waals surface area contributed by atoms with Gasteiger partial charge in [-0.1, -0.05) is 0 Å². The van der Waals surface area contributed by atoms with E-state index in [0.29, 0.717) is 10.3 Å². The van der Waals surface area contributed by atoms with Crippen molar-refractivity contribution in [2.75, 3.05) is 0 Å². The van der Waals surface area contributed by atoms with Crippen LogP contribution in [-0.2, 0) is 14.1 Å². The van der Waals surface area contributed by atoms with E-state index >= 15 is 0 Å². The zero-order chi connectivity index (χ0) is 9.97. The first-order chi connectivity index (χ1) is 6.74. The summed E-state index contributed by atoms with van der Waals surface area (Å²) in [5.41, 5.74) is 0. The van der Waals surface area contributed by atoms with Gasteiger partial charge in [-0.05, 0) is 21.6 Å². The molecule has 0 aliphatic heterocycles. The van der Waals surface area contributed by atoms with E-state index in [2.05, 4.69) is 20.2 Å². The lowest BCUT2D eigenvalue weighted by Gasteiger charge is -1.89. The molecule has 0 saturated carbocycles. The van der Waals surface area contributed by atoms with Crippen LogP contribution < -0.4 is 0 Å². The number of hydrogen-bond acceptors (Lipinski definition) is 6. The third-order valence-corrected chi connectivity index (χ3v) is 3.25. The number of aromatic nitrogens is 6. The topological polar surface area (TPSA) is 61.4 Å². The van der Waals surface area contributed by atoms with E-state index in [1.807, 2.05) is 14.1 Å². The smallest absolute Gasteiger partial charge is 0.219 e. The molecular weight excluding hydrogens is 220 g/mol. The zero-order valence-electron chi connectivity index (χ0n) is 7.65. The minimum absolute atomic E-state index is 0.713. The number of rotatable bonds is 3. The Balaban J connectivity index is 1.94. The van der Waals surface area contributed by atoms with Gasteiger partial charge in [-0.25, -0.2) is 9.97 Å². The maximum atomic E-state index is 4.12. The molecule has 8 heteroatoms. The molecule has 0 unspecified atom stereocenters. The third kappa shape index (κ3) is 2.26. The molecule has 74 valence electrons. The first-order valence-corrected chi connectivity index (χ1v) is 5.95. The van der Waals surface area contributed by atoms with E-state index in [9.17, 15) is 0 Å². The fraction of sp³-hybridized carbons (Fsp3) is 0.333. The quantitative estimate of drug-likeness (QED) is 0.722. The summed E-state index contributed by atoms with van der Waals surface area (Å²) in [5.74, 6) is 0. The maximum Gasteiger partial charge on any atom is 0.219 e. The zero-order valence-corrected chi connectivity index (χ0v) is 9.29. The van der Waals surface area contributed by atoms with Crippen molar-refractivity contribution in [1.29, 1.82) is 0 Å². The number of hydrogen-bond donors (Lipinski definition) is 0. The molecule has 2 rings (SSSR count). The summed E-state index contributed by atoms with van der Waals surface area (Å²) in [6.07, 6.45) is 3.32. The average molecular weight is 228 g/mol. The first-order valence-electron chi connectivity index (χ1n) is 3.80. The van der Waals surface area contributed by atoms with Crippen LogP contribution in [-0.4, -0.2) is 29.5 Å². The monoisotopic (exact) mass is 228 g/mol. The molecule has 0 aromatic carbocycles. The molecule has 0 amide bonds. The largest absolute Gasteiger partial charge is 0.255 e. The summed E-state index contributed by atoms with van der Waals surface area (Å²) in [6, 6.07) is 0. The van der Waals surface area contributed by atoms with Gasteiger partial charge in [0.25, 0.3) is 0 Å². The Hall–Kier alpha value is -1.02. The predicted molar refractivity (Wildman–Crippen MR) is 53.7 cm³/mol. The second-order valence-corrected chi connectivity index (χ2v) is 4.63. The van der Waals surface area contributed by atoms with Crippen molar-refractivity contribution in [2.45, 2.75) is 10.3 Å². The highest BCUT2D eigenvalue weighted by molar-refractivity contribution is 8.76. The average Bonchev–Trinajstić information content (AvgIpc) is 2.72. The lowest BCUT2D eigenvalue weighted by Crippen LogP contribution is -1.86. The van der Waals surface area contributed by atoms with Crippen molar-refractivity contribution in [3.05, 3.63) is 12.7 Å². The summed E-state index contributed by atoms with van der Waals surface area (Å²) in [6.45, 7) is 0. The summed E-state index contributed by atoms with van der Waals surface area (Å²) in [5, 5.41) is 9.66. The molecule has 0 saturated heterocycles. The molecule has 0 aliphatic rings. The van der Waals surface area contributed by atoms with Gasteiger partial charge in [0.15, 0.2) is 0 Å². The van der Waals surface area contributed by atoms with Crippen LogP contribution in [0.1, 0.15) is 0 Å². The van der Waals surface area contributed by atoms with Crippen LogP contribution in [0.3, 0.4) is 0 Å². The minimum Gasteiger partial charge on any atom is -0.255 e. The Labute approximate surface area is 88.5 Å². The van der Waals surface area contributed by atoms with Crippen molar-refractivity contribution in [2.24, 2.45) is 14.1 Å². The van der Waals surface area contributed by atoms with E-state index < -0.39 is 0 Å². The SMILES string of the molecule is Cn1cnc(SSc2ncn(C)n2)n1. The van der Waals surface area contributed by atoms with Crippen molar-refractivity contribution >= 4 is 21.6 Å². The maximum absolute atomic E-state index is 4.12. The van der Waals surface area contributed by atoms with Crippen LogP contribution in [0.25, 0.3) is 0 Å². The fourth-order valence-electron chi connectivity index (χ4n) is 0.790. The minimum atomic E-state index is 0.713. The van der Waals surface area contributed by atoms with E-state index in [-0.39, 0.29) is 0 Å². The van der Waals surface area contributed by atoms with E-state index in [1.54, 1.807) is 22.0 Å². The van der Waals surface area contributed by atoms with Crippen molar-refractivity contribution < 1.29 is 0 Å². The Morgan fingerprint density at radius 3 is 1.64 bits per heavy atom. The lowest BCUT2D eigenvalue weighted by molar-refractivity contribution is 0.737. The Morgan fingerprint density at radius 1 is 0.929 bits per heavy atom. The van der Waals surface area contributed by atoms with Crippen molar-refractivity contribution in [3.8, 4) is 0 Å². The Kier molecular flexibility index (Phi) is 2.73. The van der Waals surface area contributed by atoms with Gasteiger partial charge in [-0.15, -0.1) is 10.2 Å². The van der Waals surface area contributed by atoms with Crippen LogP contribution in [0.2, 0.25) is 0 Å². The molecule has 0 fully saturated rings. The summed E-state index contributed by atoms with van der Waals surface area (Å²) < 4.78 is 3.32. The van der Waals surface area contributed by atoms with Gasteiger partial charge in [0, 0.05) is 14.1 Å². The van der Waals surface area contributed by atoms with Gasteiger partial charge in [-0.3, -0.25) is 9.36 Å². The normalized spacial score (nSPS) is 10.7. The first kappa shape index (κ1) is 9.53. The van der Waals surface area contributed by atoms with Gasteiger partial charge in [0.1, 0.15) is 12.7 Å². The number of aryl methyl sites for hydroxylation is 2. The van der Waals surface area contributed by atoms with Gasteiger partial charge < -0.3 is 0 Å². The van der Waals surface area contributed by atoms with Crippen molar-refractivity contribution in [3.63, 3.8) is 0 Å². The van der Waals surface area contributed by atoms with Crippen LogP contribution in [0.15, 0.2) is 23.0 Å². The molecule has 0 aliphatic carbocycles. The highest BCUT2D eigenvalue weighted by Crippen LogP contribution is 2.32. The van der Waals surface area contributed by atoms with Crippen molar-refractivity contribution in [1.82, 2.24) is 29.5 Å². The third-order valence-electron chi connectivity index (χ3n) is 1.35. The Morgan fingerprint density at radius 2 is 1.36 bits per heavy atom. The molecule has 0 atom stereocenters. The highest BCUT2D eigenvalue weighted by atomic mass is 33.1. The van der Waals surface area contributed by atoms with E-state index in [4.69, 9.17) is 0 Å². The molecule has 0 spiro atoms. The Bertz CT molecular complexity index is 381. The van der Waals surface area contributed by atoms with Crippen LogP contribution in [0.4, 0.5) is 0 Å². The van der Waals surface area contributed by atoms with Gasteiger partial charge in [0.05, 0.1) is 0 Å². The molecule has 6 nitrogen and oxygen atoms in total. The van der Waals surface area contributed by atoms with Gasteiger partial charge in [0.2, 0.25) is 10.3 Å². The van der Waals surface area contributed by atoms with Crippen LogP contribution >= 0.6 is 21.6 Å². The summed E-state index contributed by atoms with van der Waals surface area (Å²) in [4.78, 5) is 8.14. The molecule has 0 N–H and O–H groups in total. The lowest BCUT2D eigenvalue weighted by atomic mass is 11.2. The van der Waals surface area contributed by atoms with Crippen LogP contribution in [0, 0.1) is 0 Å². The molecule has 2 heterocycles. The standard InChI is InChI=1S/C6H8N6S2/c1-11-3-7-5(9-11)13-14-6-8-4-12(2)10-6/h3-4H,1-2H3. The van der Waals surface area contributed by atoms with Gasteiger partial charge in [-0.2, -0.15) is 0 Å². The molecule has 0 bridgehead atoms. The highest BCUT2D eigenvalue weighted by Gasteiger charge is 2.04. The second kappa shape index (κ2) is 4.01. The van der Waals surface area contributed by atoms with Gasteiger partial charge >= 0.3 is 0 Å². The fourth-order valence-corrected chi connectivity index (χ4v) is 2.35. The summed E-state index contributed by atoms with van der Waals surface area (Å²) in [7, 11) is 6.55. The van der Waals surface area contributed by atoms with Crippen LogP contribution in [0.5, 0.6) is 0 Å². The molecule has 0 radical (unpaired) electrons. The number of nitrogens with zero attached hydrogens (tertiary/aromatic N) is 6. The molecule has 14 heavy (non-hydrogen) atoms. The predicted octanol–water partition coefficient (Wildman–Crippen LogP) is 0.743. The molecular formula is C6H8N6S2. The molecule has 2 aromatic heterocycles. The van der Waals surface area contributed by atoms with E-state index in [0.717, 1.165) is 0 Å².